The average molecular weight is 1370 g/mol. The van der Waals surface area contributed by atoms with Gasteiger partial charge < -0.3 is 49.1 Å². The van der Waals surface area contributed by atoms with Crippen molar-refractivity contribution in [3.63, 3.8) is 0 Å². The molecule has 0 unspecified atom stereocenters. The molecule has 4 fully saturated rings. The molecule has 2 saturated heterocycles. The van der Waals surface area contributed by atoms with Gasteiger partial charge in [-0.1, -0.05) is 51.4 Å². The number of carboxylic acids is 1. The van der Waals surface area contributed by atoms with Gasteiger partial charge in [-0.25, -0.2) is 34.7 Å². The van der Waals surface area contributed by atoms with Gasteiger partial charge in [0.1, 0.15) is 56.9 Å². The number of hydrogen-bond acceptors (Lipinski definition) is 15. The monoisotopic (exact) mass is 1370 g/mol. The lowest BCUT2D eigenvalue weighted by atomic mass is 9.99. The number of hydrogen-bond donors (Lipinski definition) is 4. The number of carbonyl (C=O) groups excluding carboxylic acids is 4. The van der Waals surface area contributed by atoms with E-state index in [1.54, 1.807) is 37.5 Å². The van der Waals surface area contributed by atoms with E-state index in [4.69, 9.17) is 20.0 Å². The fraction of sp³-hybridized carbons (Fsp3) is 0.466. The Kier molecular flexibility index (Phi) is 20.0. The summed E-state index contributed by atoms with van der Waals surface area (Å²) in [4.78, 5) is 95.6. The van der Waals surface area contributed by atoms with Crippen LogP contribution in [0.2, 0.25) is 51.4 Å². The highest BCUT2D eigenvalue weighted by atomic mass is 79.9. The van der Waals surface area contributed by atoms with E-state index in [9.17, 15) is 42.3 Å². The molecular weight excluding hydrogens is 1310 g/mol. The van der Waals surface area contributed by atoms with Crippen LogP contribution in [0, 0.1) is 46.3 Å². The van der Waals surface area contributed by atoms with Gasteiger partial charge in [0.2, 0.25) is 11.8 Å². The molecule has 0 bridgehead atoms. The maximum Gasteiger partial charge on any atom is 0.416 e. The van der Waals surface area contributed by atoms with Gasteiger partial charge >= 0.3 is 12.1 Å². The van der Waals surface area contributed by atoms with Crippen LogP contribution in [-0.4, -0.2) is 156 Å². The Morgan fingerprint density at radius 2 is 1.14 bits per heavy atom. The number of aromatic amines is 1. The highest BCUT2D eigenvalue weighted by Gasteiger charge is 2.45. The predicted octanol–water partition coefficient (Wildman–Crippen LogP) is 9.33. The molecule has 30 heteroatoms. The molecule has 2 atom stereocenters. The number of rotatable bonds is 20. The van der Waals surface area contributed by atoms with Crippen molar-refractivity contribution in [1.29, 1.82) is 10.5 Å². The van der Waals surface area contributed by atoms with Crippen LogP contribution in [0.3, 0.4) is 0 Å². The molecule has 2 saturated carbocycles. The molecule has 0 radical (unpaired) electrons. The first-order valence-electron chi connectivity index (χ1n) is 28.6. The largest absolute Gasteiger partial charge is 0.478 e. The van der Waals surface area contributed by atoms with Gasteiger partial charge in [-0.2, -0.15) is 23.7 Å². The number of carbonyl (C=O) groups is 5. The fourth-order valence-corrected chi connectivity index (χ4v) is 11.7. The summed E-state index contributed by atoms with van der Waals surface area (Å²) in [6.45, 7) is 17.2. The third-order valence-corrected chi connectivity index (χ3v) is 19.3. The summed E-state index contributed by atoms with van der Waals surface area (Å²) in [5, 5.41) is 32.9. The molecule has 1 aromatic carbocycles. The Labute approximate surface area is 523 Å². The molecular formula is C58H66Br2F3N15O8Si2. The number of alkyl halides is 3. The SMILES string of the molecule is C[Si](C)(C)CCOCn1cc(C(=O)N[C@@H](C(=O)N2CC(C#N)C2)C2CC2)c2nc(Br)cnc21.C[Si](C)(C)CCOCn1cc(C(=O)O)c2nc(Br)cnc21.N#CC1CN(C(=O)[C@H](NC(=O)c2c[nH]c3ncc(-c4ccc(C(F)(F)F)cc4)nc23)C2CC2)C1. The molecule has 23 nitrogen and oxygen atoms in total. The fourth-order valence-electron chi connectivity index (χ4n) is 9.63. The van der Waals surface area contributed by atoms with Crippen molar-refractivity contribution in [3.05, 3.63) is 92.9 Å². The topological polar surface area (TPSA) is 305 Å². The number of nitrogens with zero attached hydrogens (tertiary/aromatic N) is 12. The van der Waals surface area contributed by atoms with Gasteiger partial charge in [0.15, 0.2) is 16.9 Å². The van der Waals surface area contributed by atoms with Crippen LogP contribution in [0.25, 0.3) is 44.7 Å². The van der Waals surface area contributed by atoms with E-state index in [0.29, 0.717) is 93.4 Å². The summed E-state index contributed by atoms with van der Waals surface area (Å²) in [7, 11) is -2.34. The number of aromatic carboxylic acids is 1. The predicted molar refractivity (Wildman–Crippen MR) is 329 cm³/mol. The number of halogens is 5. The molecule has 4 N–H and O–H groups in total. The van der Waals surface area contributed by atoms with Crippen molar-refractivity contribution in [3.8, 4) is 23.4 Å². The van der Waals surface area contributed by atoms with E-state index < -0.39 is 51.8 Å². The second kappa shape index (κ2) is 27.1. The first kappa shape index (κ1) is 65.0. The Balaban J connectivity index is 0.000000162. The molecule has 2 aliphatic carbocycles. The summed E-state index contributed by atoms with van der Waals surface area (Å²) in [5.41, 5.74) is 3.15. The molecule has 4 aliphatic rings. The van der Waals surface area contributed by atoms with Gasteiger partial charge in [-0.05, 0) is 93.6 Å². The van der Waals surface area contributed by atoms with Crippen molar-refractivity contribution >= 4 is 111 Å². The number of benzene rings is 1. The van der Waals surface area contributed by atoms with Gasteiger partial charge in [-0.3, -0.25) is 19.2 Å². The van der Waals surface area contributed by atoms with Crippen LogP contribution in [0.1, 0.15) is 62.3 Å². The van der Waals surface area contributed by atoms with Crippen LogP contribution >= 0.6 is 31.9 Å². The highest BCUT2D eigenvalue weighted by molar-refractivity contribution is 9.10. The summed E-state index contributed by atoms with van der Waals surface area (Å²) in [5.74, 6) is -2.27. The second-order valence-corrected chi connectivity index (χ2v) is 37.6. The summed E-state index contributed by atoms with van der Waals surface area (Å²) in [6, 6.07) is 9.69. The number of ether oxygens (including phenoxy) is 2. The van der Waals surface area contributed by atoms with Crippen LogP contribution in [0.4, 0.5) is 13.2 Å². The number of likely N-dealkylation sites (tertiary alicyclic amines) is 2. The molecule has 8 heterocycles. The maximum atomic E-state index is 13.3. The van der Waals surface area contributed by atoms with Crippen molar-refractivity contribution < 1.29 is 51.7 Å². The zero-order valence-corrected chi connectivity index (χ0v) is 54.4. The van der Waals surface area contributed by atoms with Crippen molar-refractivity contribution in [2.24, 2.45) is 23.7 Å². The lowest BCUT2D eigenvalue weighted by Crippen LogP contribution is -2.57. The van der Waals surface area contributed by atoms with Crippen LogP contribution < -0.4 is 10.6 Å². The normalized spacial score (nSPS) is 16.1. The highest BCUT2D eigenvalue weighted by Crippen LogP contribution is 2.37. The zero-order chi connectivity index (χ0) is 63.4. The third kappa shape index (κ3) is 16.2. The Hall–Kier alpha value is -7.49. The number of fused-ring (bicyclic) bond motifs is 3. The molecule has 2 aliphatic heterocycles. The Morgan fingerprint density at radius 1 is 0.682 bits per heavy atom. The van der Waals surface area contributed by atoms with Gasteiger partial charge in [0.25, 0.3) is 11.8 Å². The number of nitrogens with one attached hydrogen (secondary N) is 3. The van der Waals surface area contributed by atoms with Gasteiger partial charge in [-0.15, -0.1) is 0 Å². The molecule has 464 valence electrons. The number of H-pyrrole nitrogens is 1. The van der Waals surface area contributed by atoms with Gasteiger partial charge in [0, 0.05) is 79.7 Å². The lowest BCUT2D eigenvalue weighted by Gasteiger charge is -2.37. The molecule has 7 aromatic rings. The zero-order valence-electron chi connectivity index (χ0n) is 49.2. The van der Waals surface area contributed by atoms with Crippen molar-refractivity contribution in [2.75, 3.05) is 39.4 Å². The Bertz CT molecular complexity index is 3840. The molecule has 11 rings (SSSR count). The standard InChI is InChI=1S/C23H19F3N6O2.C22H29BrN6O3Si.C13H18BrN3O3Si/c24-23(25,26)15-5-3-13(4-6-15)17-9-29-20-19(30-17)16(8-28-20)21(33)31-18(14-1-2-14)22(34)32-10-12(7-27)11-32;1-33(2,3)7-6-32-13-29-12-16(19-20(29)25-9-17(23)26-19)21(30)27-18(15-4-5-15)22(31)28-10-14(8-24)11-28;1-21(2,3)5-4-20-8-17-7-9(13(18)19)11-12(17)15-6-10(14)16-11/h3-6,8-9,12,14,18H,1-2,10-11H2,(H,28,29)(H,31,33);9,12,14-15,18H,4-7,10-11,13H2,1-3H3,(H,27,30);6-7H,4-5,8H2,1-3H3,(H,18,19)/t2*18-;/m11./s1. The van der Waals surface area contributed by atoms with Crippen LogP contribution in [0.5, 0.6) is 0 Å². The van der Waals surface area contributed by atoms with Crippen molar-refractivity contribution in [1.82, 2.24) is 64.5 Å². The van der Waals surface area contributed by atoms with Gasteiger partial charge in [0.05, 0.1) is 64.9 Å². The lowest BCUT2D eigenvalue weighted by molar-refractivity contribution is -0.139. The van der Waals surface area contributed by atoms with Crippen molar-refractivity contribution in [2.45, 2.75) is 109 Å². The van der Waals surface area contributed by atoms with Crippen LogP contribution in [-0.2, 0) is 38.7 Å². The summed E-state index contributed by atoms with van der Waals surface area (Å²) in [6.07, 6.45) is 8.25. The molecule has 4 amide bonds. The molecule has 6 aromatic heterocycles. The average Bonchev–Trinajstić information content (AvgIpc) is 2.52. The van der Waals surface area contributed by atoms with E-state index in [1.807, 2.05) is 0 Å². The smallest absolute Gasteiger partial charge is 0.416 e. The number of amides is 4. The Morgan fingerprint density at radius 3 is 1.57 bits per heavy atom. The first-order chi connectivity index (χ1) is 41.7. The quantitative estimate of drug-likeness (QED) is 0.0408. The molecule has 0 spiro atoms. The second-order valence-electron chi connectivity index (χ2n) is 24.7. The van der Waals surface area contributed by atoms with E-state index in [-0.39, 0.29) is 71.5 Å². The number of carboxylic acid groups (broad SMARTS) is 1. The minimum absolute atomic E-state index is 0.0524. The summed E-state index contributed by atoms with van der Waals surface area (Å²) >= 11 is 6.55. The van der Waals surface area contributed by atoms with E-state index >= 15 is 0 Å². The minimum Gasteiger partial charge on any atom is -0.478 e. The number of aromatic nitrogens is 9. The van der Waals surface area contributed by atoms with Crippen LogP contribution in [0.15, 0.2) is 70.7 Å². The van der Waals surface area contributed by atoms with E-state index in [0.717, 1.165) is 49.9 Å². The summed E-state index contributed by atoms with van der Waals surface area (Å²) < 4.78 is 54.6. The minimum atomic E-state index is -4.44. The van der Waals surface area contributed by atoms with E-state index in [1.165, 1.54) is 30.7 Å². The molecule has 88 heavy (non-hydrogen) atoms. The number of nitriles is 2. The van der Waals surface area contributed by atoms with E-state index in [2.05, 4.69) is 129 Å². The third-order valence-electron chi connectivity index (χ3n) is 15.2. The first-order valence-corrected chi connectivity index (χ1v) is 37.6. The maximum absolute atomic E-state index is 13.3.